The first-order chi connectivity index (χ1) is 23.1. The molecule has 2 fully saturated rings. The van der Waals surface area contributed by atoms with Crippen LogP contribution in [0, 0.1) is 0 Å². The first-order valence-corrected chi connectivity index (χ1v) is 18.0. The number of aliphatic hydroxyl groups excluding tert-OH is 1. The van der Waals surface area contributed by atoms with E-state index in [-0.39, 0.29) is 54.2 Å². The number of nitrogens with zero attached hydrogens (tertiary/aromatic N) is 1. The van der Waals surface area contributed by atoms with Crippen LogP contribution in [-0.4, -0.2) is 51.1 Å². The minimum absolute atomic E-state index is 0. The summed E-state index contributed by atoms with van der Waals surface area (Å²) >= 11 is 0. The highest BCUT2D eigenvalue weighted by atomic mass is 35.5. The van der Waals surface area contributed by atoms with Crippen LogP contribution in [0.3, 0.4) is 0 Å². The molecule has 0 spiro atoms. The Kier molecular flexibility index (Phi) is 13.2. The number of amides is 1. The monoisotopic (exact) mass is 749 g/mol. The van der Waals surface area contributed by atoms with Gasteiger partial charge in [-0.15, -0.1) is 23.2 Å². The highest BCUT2D eigenvalue weighted by Gasteiger charge is 2.37. The largest absolute Gasteiger partial charge is 0.416 e. The number of nitrogens with one attached hydrogen (secondary N) is 2. The molecule has 15 heteroatoms. The zero-order valence-corrected chi connectivity index (χ0v) is 28.8. The maximum atomic E-state index is 13.9. The molecule has 1 aliphatic carbocycles. The van der Waals surface area contributed by atoms with Crippen molar-refractivity contribution in [2.75, 3.05) is 23.1 Å². The molecular formula is C35H42ClF6N3O4S. The second-order valence-corrected chi connectivity index (χ2v) is 14.9. The van der Waals surface area contributed by atoms with E-state index in [2.05, 4.69) is 10.6 Å². The lowest BCUT2D eigenvalue weighted by Gasteiger charge is -2.47. The van der Waals surface area contributed by atoms with Gasteiger partial charge in [0.1, 0.15) is 0 Å². The summed E-state index contributed by atoms with van der Waals surface area (Å²) in [5.74, 6) is -0.0672. The van der Waals surface area contributed by atoms with Crippen molar-refractivity contribution >= 4 is 34.8 Å². The molecule has 5 N–H and O–H groups in total. The lowest BCUT2D eigenvalue weighted by Crippen LogP contribution is -2.48. The van der Waals surface area contributed by atoms with E-state index in [1.807, 2.05) is 6.07 Å². The number of aliphatic hydroxyl groups is 1. The molecule has 3 aromatic rings. The molecule has 1 aliphatic heterocycles. The van der Waals surface area contributed by atoms with Gasteiger partial charge in [0, 0.05) is 25.2 Å². The average Bonchev–Trinajstić information content (AvgIpc) is 3.59. The molecule has 5 rings (SSSR count). The van der Waals surface area contributed by atoms with E-state index >= 15 is 0 Å². The van der Waals surface area contributed by atoms with Crippen molar-refractivity contribution in [3.63, 3.8) is 0 Å². The second-order valence-electron chi connectivity index (χ2n) is 12.8. The van der Waals surface area contributed by atoms with Crippen LogP contribution in [0.4, 0.5) is 32.0 Å². The molecular weight excluding hydrogens is 708 g/mol. The Morgan fingerprint density at radius 2 is 1.50 bits per heavy atom. The number of alkyl halides is 6. The van der Waals surface area contributed by atoms with Gasteiger partial charge in [-0.05, 0) is 91.1 Å². The maximum Gasteiger partial charge on any atom is 0.416 e. The highest BCUT2D eigenvalue weighted by molar-refractivity contribution is 8.25. The fourth-order valence-corrected chi connectivity index (χ4v) is 8.22. The molecule has 0 radical (unpaired) electrons. The van der Waals surface area contributed by atoms with Crippen LogP contribution in [0.2, 0.25) is 0 Å². The molecule has 276 valence electrons. The van der Waals surface area contributed by atoms with Crippen LogP contribution in [0.25, 0.3) is 0 Å². The SMILES string of the molecule is Cl.O=C(N[C@@H](Cc1ccccc1)[C@@H](O)CNCc1cc(C(F)(F)F)cc(C(F)(F)F)c1)c1cc(C2CCCC2)cc(N2CCCCS2(O)O)c1. The summed E-state index contributed by atoms with van der Waals surface area (Å²) in [4.78, 5) is 13.9. The number of anilines is 1. The van der Waals surface area contributed by atoms with Gasteiger partial charge in [-0.3, -0.25) is 18.2 Å². The van der Waals surface area contributed by atoms with Crippen LogP contribution in [-0.2, 0) is 25.3 Å². The Morgan fingerprint density at radius 1 is 0.860 bits per heavy atom. The molecule has 1 saturated heterocycles. The van der Waals surface area contributed by atoms with Crippen molar-refractivity contribution in [3.05, 3.63) is 100 Å². The second kappa shape index (κ2) is 16.6. The van der Waals surface area contributed by atoms with Crippen LogP contribution in [0.5, 0.6) is 0 Å². The zero-order chi connectivity index (χ0) is 35.4. The van der Waals surface area contributed by atoms with Crippen LogP contribution < -0.4 is 14.9 Å². The fourth-order valence-electron chi connectivity index (χ4n) is 6.54. The number of carbonyl (C=O) groups excluding carboxylic acids is 1. The lowest BCUT2D eigenvalue weighted by atomic mass is 9.94. The number of benzene rings is 3. The van der Waals surface area contributed by atoms with Gasteiger partial charge < -0.3 is 15.7 Å². The number of rotatable bonds is 11. The minimum Gasteiger partial charge on any atom is -0.390 e. The summed E-state index contributed by atoms with van der Waals surface area (Å²) in [6.07, 6.45) is -5.66. The molecule has 0 aromatic heterocycles. The summed E-state index contributed by atoms with van der Waals surface area (Å²) in [6.45, 7) is -0.225. The molecule has 1 heterocycles. The third-order valence-electron chi connectivity index (χ3n) is 9.11. The Labute approximate surface area is 295 Å². The van der Waals surface area contributed by atoms with Gasteiger partial charge in [-0.2, -0.15) is 26.3 Å². The Hall–Kier alpha value is -3.01. The molecule has 0 unspecified atom stereocenters. The molecule has 3 aromatic carbocycles. The van der Waals surface area contributed by atoms with Gasteiger partial charge in [-0.1, -0.05) is 43.2 Å². The first kappa shape index (κ1) is 39.8. The van der Waals surface area contributed by atoms with Gasteiger partial charge in [0.2, 0.25) is 0 Å². The maximum absolute atomic E-state index is 13.9. The number of halogens is 7. The third kappa shape index (κ3) is 10.3. The van der Waals surface area contributed by atoms with Gasteiger partial charge in [0.15, 0.2) is 0 Å². The highest BCUT2D eigenvalue weighted by Crippen LogP contribution is 2.50. The third-order valence-corrected chi connectivity index (χ3v) is 11.0. The Bertz CT molecular complexity index is 1560. The van der Waals surface area contributed by atoms with Gasteiger partial charge >= 0.3 is 12.4 Å². The number of hydrogen-bond donors (Lipinski definition) is 5. The molecule has 2 aliphatic rings. The molecule has 2 atom stereocenters. The predicted octanol–water partition coefficient (Wildman–Crippen LogP) is 8.56. The summed E-state index contributed by atoms with van der Waals surface area (Å²) in [6, 6.07) is 14.7. The van der Waals surface area contributed by atoms with Gasteiger partial charge in [-0.25, -0.2) is 0 Å². The van der Waals surface area contributed by atoms with E-state index < -0.39 is 58.9 Å². The van der Waals surface area contributed by atoms with E-state index in [0.717, 1.165) is 43.2 Å². The van der Waals surface area contributed by atoms with E-state index in [4.69, 9.17) is 0 Å². The summed E-state index contributed by atoms with van der Waals surface area (Å²) in [5.41, 5.74) is -0.614. The Balaban J connectivity index is 0.00000562. The van der Waals surface area contributed by atoms with Crippen molar-refractivity contribution in [2.24, 2.45) is 0 Å². The quantitative estimate of drug-likeness (QED) is 0.126. The van der Waals surface area contributed by atoms with Crippen LogP contribution in [0.1, 0.15) is 82.6 Å². The molecule has 1 saturated carbocycles. The van der Waals surface area contributed by atoms with E-state index in [1.165, 1.54) is 0 Å². The molecule has 7 nitrogen and oxygen atoms in total. The first-order valence-electron chi connectivity index (χ1n) is 16.3. The predicted molar refractivity (Wildman–Crippen MR) is 185 cm³/mol. The lowest BCUT2D eigenvalue weighted by molar-refractivity contribution is -0.143. The minimum atomic E-state index is -4.99. The summed E-state index contributed by atoms with van der Waals surface area (Å²) in [7, 11) is -3.06. The van der Waals surface area contributed by atoms with Crippen molar-refractivity contribution in [3.8, 4) is 0 Å². The number of hydrogen-bond acceptors (Lipinski definition) is 6. The van der Waals surface area contributed by atoms with Gasteiger partial charge in [0.05, 0.1) is 34.7 Å². The van der Waals surface area contributed by atoms with Crippen molar-refractivity contribution in [1.82, 2.24) is 10.6 Å². The standard InChI is InChI=1S/C35H41F6N3O4S.ClH/c36-34(37,38)28-14-24(15-29(20-28)35(39,40)41)21-42-22-32(45)31(16-23-8-2-1-3-9-23)43-33(46)27-17-26(25-10-4-5-11-25)18-30(19-27)44-12-6-7-13-49(44,47)48;/h1-3,8-9,14-15,17-20,25,31-32,42,45,47-48H,4-7,10-13,16,21-22H2,(H,43,46);1H/t31-,32-;/m0./s1. The molecule has 1 amide bonds. The Morgan fingerprint density at radius 3 is 2.10 bits per heavy atom. The molecule has 0 bridgehead atoms. The summed E-state index contributed by atoms with van der Waals surface area (Å²) in [5, 5.41) is 16.9. The topological polar surface area (TPSA) is 105 Å². The van der Waals surface area contributed by atoms with E-state index in [0.29, 0.717) is 30.8 Å². The fraction of sp³-hybridized carbons (Fsp3) is 0.457. The average molecular weight is 750 g/mol. The van der Waals surface area contributed by atoms with Crippen molar-refractivity contribution in [1.29, 1.82) is 0 Å². The van der Waals surface area contributed by atoms with E-state index in [1.54, 1.807) is 46.8 Å². The number of carbonyl (C=O) groups is 1. The zero-order valence-electron chi connectivity index (χ0n) is 27.1. The van der Waals surface area contributed by atoms with Crippen molar-refractivity contribution in [2.45, 2.75) is 81.9 Å². The summed E-state index contributed by atoms with van der Waals surface area (Å²) < 4.78 is 103. The van der Waals surface area contributed by atoms with E-state index in [9.17, 15) is 45.3 Å². The van der Waals surface area contributed by atoms with Crippen LogP contribution >= 0.6 is 23.2 Å². The van der Waals surface area contributed by atoms with Crippen LogP contribution in [0.15, 0.2) is 66.7 Å². The normalized spacial score (nSPS) is 18.6. The molecule has 50 heavy (non-hydrogen) atoms. The smallest absolute Gasteiger partial charge is 0.390 e. The van der Waals surface area contributed by atoms with Crippen molar-refractivity contribution < 1.29 is 45.3 Å². The van der Waals surface area contributed by atoms with Gasteiger partial charge in [0.25, 0.3) is 5.91 Å².